The molecule has 1 atom stereocenters. The van der Waals surface area contributed by atoms with Gasteiger partial charge in [-0.3, -0.25) is 9.59 Å². The normalized spacial score (nSPS) is 18.9. The van der Waals surface area contributed by atoms with E-state index >= 15 is 0 Å². The van der Waals surface area contributed by atoms with E-state index in [4.69, 9.17) is 18.9 Å². The van der Waals surface area contributed by atoms with Crippen LogP contribution in [0.2, 0.25) is 0 Å². The molecule has 3 heterocycles. The molecule has 1 fully saturated rings. The molecule has 0 radical (unpaired) electrons. The standard InChI is InChI=1S/C27H33N3O6/c1-33-23-12-18-7-11-30(16-20(18)13-24(23)34-2)27(32)19-4-3-9-29(15-19)10-8-26(31)28-21-5-6-22-25(14-21)36-17-35-22/h5-6,12-14,19H,3-4,7-11,15-17H2,1-2H3,(H,28,31). The van der Waals surface area contributed by atoms with Gasteiger partial charge >= 0.3 is 0 Å². The lowest BCUT2D eigenvalue weighted by molar-refractivity contribution is -0.138. The van der Waals surface area contributed by atoms with Gasteiger partial charge in [0.15, 0.2) is 23.0 Å². The molecule has 0 aliphatic carbocycles. The summed E-state index contributed by atoms with van der Waals surface area (Å²) < 4.78 is 21.6. The van der Waals surface area contributed by atoms with E-state index in [2.05, 4.69) is 10.2 Å². The van der Waals surface area contributed by atoms with Crippen LogP contribution in [0.15, 0.2) is 30.3 Å². The van der Waals surface area contributed by atoms with Crippen molar-refractivity contribution in [1.29, 1.82) is 0 Å². The SMILES string of the molecule is COc1cc2c(cc1OC)CN(C(=O)C1CCCN(CCC(=O)Nc3ccc4c(c3)OCO4)C1)CC2. The summed E-state index contributed by atoms with van der Waals surface area (Å²) in [6.45, 7) is 3.71. The van der Waals surface area contributed by atoms with E-state index < -0.39 is 0 Å². The van der Waals surface area contributed by atoms with Gasteiger partial charge in [0, 0.05) is 44.4 Å². The number of hydrogen-bond donors (Lipinski definition) is 1. The number of nitrogens with zero attached hydrogens (tertiary/aromatic N) is 2. The Kier molecular flexibility index (Phi) is 7.18. The molecule has 9 heteroatoms. The Balaban J connectivity index is 1.13. The summed E-state index contributed by atoms with van der Waals surface area (Å²) in [7, 11) is 3.26. The Morgan fingerprint density at radius 3 is 2.61 bits per heavy atom. The molecule has 36 heavy (non-hydrogen) atoms. The highest BCUT2D eigenvalue weighted by Gasteiger charge is 2.31. The summed E-state index contributed by atoms with van der Waals surface area (Å²) in [5, 5.41) is 2.93. The van der Waals surface area contributed by atoms with Crippen LogP contribution in [0.5, 0.6) is 23.0 Å². The van der Waals surface area contributed by atoms with Crippen LogP contribution >= 0.6 is 0 Å². The zero-order chi connectivity index (χ0) is 25.1. The number of nitrogens with one attached hydrogen (secondary N) is 1. The molecule has 1 unspecified atom stereocenters. The zero-order valence-corrected chi connectivity index (χ0v) is 20.9. The quantitative estimate of drug-likeness (QED) is 0.632. The fourth-order valence-corrected chi connectivity index (χ4v) is 5.25. The molecule has 3 aliphatic heterocycles. The summed E-state index contributed by atoms with van der Waals surface area (Å²) in [6.07, 6.45) is 3.01. The number of hydrogen-bond acceptors (Lipinski definition) is 7. The van der Waals surface area contributed by atoms with Gasteiger partial charge in [-0.1, -0.05) is 0 Å². The summed E-state index contributed by atoms with van der Waals surface area (Å²) >= 11 is 0. The summed E-state index contributed by atoms with van der Waals surface area (Å²) in [5.41, 5.74) is 3.01. The highest BCUT2D eigenvalue weighted by molar-refractivity contribution is 5.91. The monoisotopic (exact) mass is 495 g/mol. The average molecular weight is 496 g/mol. The number of rotatable bonds is 7. The fourth-order valence-electron chi connectivity index (χ4n) is 5.25. The van der Waals surface area contributed by atoms with Gasteiger partial charge in [0.1, 0.15) is 0 Å². The number of carbonyl (C=O) groups is 2. The first-order chi connectivity index (χ1) is 17.5. The number of methoxy groups -OCH3 is 2. The number of anilines is 1. The van der Waals surface area contributed by atoms with E-state index in [1.54, 1.807) is 26.4 Å². The van der Waals surface area contributed by atoms with Crippen molar-refractivity contribution >= 4 is 17.5 Å². The van der Waals surface area contributed by atoms with Crippen LogP contribution in [0, 0.1) is 5.92 Å². The van der Waals surface area contributed by atoms with Gasteiger partial charge in [0.2, 0.25) is 18.6 Å². The number of likely N-dealkylation sites (tertiary alicyclic amines) is 1. The number of ether oxygens (including phenoxy) is 4. The van der Waals surface area contributed by atoms with Gasteiger partial charge < -0.3 is 34.1 Å². The fraction of sp³-hybridized carbons (Fsp3) is 0.481. The minimum absolute atomic E-state index is 0.0441. The van der Waals surface area contributed by atoms with Crippen LogP contribution in [0.1, 0.15) is 30.4 Å². The van der Waals surface area contributed by atoms with Crippen LogP contribution in [-0.2, 0) is 22.6 Å². The molecule has 1 N–H and O–H groups in total. The van der Waals surface area contributed by atoms with E-state index in [1.165, 1.54) is 5.56 Å². The predicted octanol–water partition coefficient (Wildman–Crippen LogP) is 3.06. The average Bonchev–Trinajstić information content (AvgIpc) is 3.38. The molecule has 0 aromatic heterocycles. The van der Waals surface area contributed by atoms with Crippen molar-refractivity contribution in [2.24, 2.45) is 5.92 Å². The van der Waals surface area contributed by atoms with E-state index in [-0.39, 0.29) is 24.5 Å². The van der Waals surface area contributed by atoms with Crippen molar-refractivity contribution in [3.63, 3.8) is 0 Å². The molecular formula is C27H33N3O6. The van der Waals surface area contributed by atoms with Gasteiger partial charge in [0.25, 0.3) is 0 Å². The maximum absolute atomic E-state index is 13.4. The third kappa shape index (κ3) is 5.21. The third-order valence-corrected chi connectivity index (χ3v) is 7.20. The largest absolute Gasteiger partial charge is 0.493 e. The van der Waals surface area contributed by atoms with Gasteiger partial charge in [-0.2, -0.15) is 0 Å². The van der Waals surface area contributed by atoms with Crippen molar-refractivity contribution in [2.75, 3.05) is 52.5 Å². The van der Waals surface area contributed by atoms with Crippen molar-refractivity contribution in [3.8, 4) is 23.0 Å². The van der Waals surface area contributed by atoms with Crippen molar-refractivity contribution in [1.82, 2.24) is 9.80 Å². The topological polar surface area (TPSA) is 89.6 Å². The Labute approximate surface area is 211 Å². The first kappa shape index (κ1) is 24.2. The van der Waals surface area contributed by atoms with Crippen molar-refractivity contribution < 1.29 is 28.5 Å². The number of fused-ring (bicyclic) bond motifs is 2. The molecule has 2 aromatic carbocycles. The summed E-state index contributed by atoms with van der Waals surface area (Å²) in [4.78, 5) is 30.1. The second-order valence-corrected chi connectivity index (χ2v) is 9.49. The first-order valence-corrected chi connectivity index (χ1v) is 12.5. The Hall–Kier alpha value is -3.46. The zero-order valence-electron chi connectivity index (χ0n) is 20.9. The highest BCUT2D eigenvalue weighted by atomic mass is 16.7. The Bertz CT molecular complexity index is 1140. The lowest BCUT2D eigenvalue weighted by Gasteiger charge is -2.36. The summed E-state index contributed by atoms with van der Waals surface area (Å²) in [6, 6.07) is 9.39. The molecule has 192 valence electrons. The Morgan fingerprint density at radius 1 is 1.03 bits per heavy atom. The molecule has 0 saturated carbocycles. The second-order valence-electron chi connectivity index (χ2n) is 9.49. The van der Waals surface area contributed by atoms with Crippen LogP contribution in [-0.4, -0.2) is 68.8 Å². The molecular weight excluding hydrogens is 462 g/mol. The number of amides is 2. The molecule has 0 bridgehead atoms. The number of piperidine rings is 1. The Morgan fingerprint density at radius 2 is 1.81 bits per heavy atom. The lowest BCUT2D eigenvalue weighted by Crippen LogP contribution is -2.46. The maximum atomic E-state index is 13.4. The summed E-state index contributed by atoms with van der Waals surface area (Å²) in [5.74, 6) is 2.84. The lowest BCUT2D eigenvalue weighted by atomic mass is 9.93. The van der Waals surface area contributed by atoms with Gasteiger partial charge in [-0.15, -0.1) is 0 Å². The molecule has 0 spiro atoms. The van der Waals surface area contributed by atoms with E-state index in [0.29, 0.717) is 55.5 Å². The van der Waals surface area contributed by atoms with Crippen LogP contribution in [0.3, 0.4) is 0 Å². The first-order valence-electron chi connectivity index (χ1n) is 12.5. The van der Waals surface area contributed by atoms with E-state index in [0.717, 1.165) is 37.1 Å². The maximum Gasteiger partial charge on any atom is 0.231 e. The molecule has 2 amide bonds. The van der Waals surface area contributed by atoms with Gasteiger partial charge in [-0.05, 0) is 61.2 Å². The molecule has 9 nitrogen and oxygen atoms in total. The van der Waals surface area contributed by atoms with Crippen molar-refractivity contribution in [3.05, 3.63) is 41.5 Å². The molecule has 2 aromatic rings. The number of benzene rings is 2. The van der Waals surface area contributed by atoms with Crippen LogP contribution in [0.4, 0.5) is 5.69 Å². The number of carbonyl (C=O) groups excluding carboxylic acids is 2. The molecule has 3 aliphatic rings. The molecule has 5 rings (SSSR count). The van der Waals surface area contributed by atoms with E-state index in [9.17, 15) is 9.59 Å². The molecule has 1 saturated heterocycles. The second kappa shape index (κ2) is 10.7. The van der Waals surface area contributed by atoms with Crippen LogP contribution in [0.25, 0.3) is 0 Å². The highest BCUT2D eigenvalue weighted by Crippen LogP contribution is 2.35. The van der Waals surface area contributed by atoms with Crippen LogP contribution < -0.4 is 24.3 Å². The minimum Gasteiger partial charge on any atom is -0.493 e. The minimum atomic E-state index is -0.0562. The third-order valence-electron chi connectivity index (χ3n) is 7.20. The van der Waals surface area contributed by atoms with Crippen molar-refractivity contribution in [2.45, 2.75) is 32.2 Å². The van der Waals surface area contributed by atoms with Gasteiger partial charge in [0.05, 0.1) is 20.1 Å². The predicted molar refractivity (Wildman–Crippen MR) is 134 cm³/mol. The van der Waals surface area contributed by atoms with Gasteiger partial charge in [-0.25, -0.2) is 0 Å². The van der Waals surface area contributed by atoms with E-state index in [1.807, 2.05) is 23.1 Å². The smallest absolute Gasteiger partial charge is 0.231 e.